The summed E-state index contributed by atoms with van der Waals surface area (Å²) in [5.41, 5.74) is 35.4. The Labute approximate surface area is 386 Å². The molecule has 0 radical (unpaired) electrons. The van der Waals surface area contributed by atoms with Crippen molar-refractivity contribution < 1.29 is 38.7 Å². The Kier molecular flexibility index (Phi) is 23.9. The van der Waals surface area contributed by atoms with Crippen LogP contribution in [0.5, 0.6) is 0 Å². The van der Waals surface area contributed by atoms with Gasteiger partial charge in [-0.05, 0) is 128 Å². The van der Waals surface area contributed by atoms with E-state index in [1.807, 2.05) is 24.3 Å². The highest BCUT2D eigenvalue weighted by atomic mass is 16.4. The van der Waals surface area contributed by atoms with Crippen LogP contribution in [0.15, 0.2) is 35.5 Å². The Morgan fingerprint density at radius 3 is 1.89 bits per heavy atom. The smallest absolute Gasteiger partial charge is 0.326 e. The molecule has 19 N–H and O–H groups in total. The topological polar surface area (TPSA) is 387 Å². The molecule has 0 spiro atoms. The van der Waals surface area contributed by atoms with Crippen LogP contribution >= 0.6 is 0 Å². The van der Waals surface area contributed by atoms with Crippen molar-refractivity contribution in [2.24, 2.45) is 39.4 Å². The number of benzene rings is 1. The van der Waals surface area contributed by atoms with Crippen molar-refractivity contribution in [3.05, 3.63) is 36.0 Å². The van der Waals surface area contributed by atoms with Crippen molar-refractivity contribution in [2.45, 2.75) is 146 Å². The van der Waals surface area contributed by atoms with Gasteiger partial charge in [0.1, 0.15) is 36.3 Å². The number of hydrogen-bond donors (Lipinski definition) is 13. The number of rotatable bonds is 30. The van der Waals surface area contributed by atoms with Crippen molar-refractivity contribution in [1.29, 1.82) is 0 Å². The summed E-state index contributed by atoms with van der Waals surface area (Å²) in [6, 6.07) is -0.321. The number of para-hydroxylation sites is 1. The molecule has 0 aliphatic carbocycles. The second-order valence-corrected chi connectivity index (χ2v) is 16.8. The lowest BCUT2D eigenvalue weighted by Crippen LogP contribution is -2.61. The number of nitrogens with zero attached hydrogens (tertiary/aromatic N) is 2. The maximum atomic E-state index is 14.4. The normalized spacial score (nSPS) is 16.4. The number of aromatic nitrogens is 1. The third-order valence-corrected chi connectivity index (χ3v) is 11.6. The first-order valence-corrected chi connectivity index (χ1v) is 23.1. The standard InChI is InChI=1S/C44H74N14O8/c1-27(53-37(59)30(48)14-12-23-51-44(49)50)42(64)58-24-11-7-19-36(58)41(63)55-33(17-5-9-21-46)39(61)57-35(25-28-26-52-31-15-3-2-13-29(28)31)40(62)54-32(16-4-8-20-45)38(60)56-34(43(65)66)18-6-10-22-47/h2-3,13,15,26-27,30,32-36,52H,4-12,14,16-25,45-48H2,1H3,(H,53,59)(H,54,62)(H,55,63)(H,56,60)(H,57,61)(H,65,66)(H4,49,50,51)/t27-,30-,32-,33-,34-,35-,36-/m0/s1. The highest BCUT2D eigenvalue weighted by molar-refractivity contribution is 5.97. The molecule has 1 fully saturated rings. The summed E-state index contributed by atoms with van der Waals surface area (Å²) in [6.45, 7) is 3.05. The van der Waals surface area contributed by atoms with Gasteiger partial charge in [-0.2, -0.15) is 0 Å². The van der Waals surface area contributed by atoms with Gasteiger partial charge >= 0.3 is 5.97 Å². The molecule has 2 aromatic rings. The Hall–Kier alpha value is -5.84. The third-order valence-electron chi connectivity index (χ3n) is 11.6. The largest absolute Gasteiger partial charge is 0.480 e. The summed E-state index contributed by atoms with van der Waals surface area (Å²) in [7, 11) is 0. The first-order chi connectivity index (χ1) is 31.6. The first kappa shape index (κ1) is 54.5. The molecular formula is C44H74N14O8. The van der Waals surface area contributed by atoms with Crippen LogP contribution in [0.2, 0.25) is 0 Å². The monoisotopic (exact) mass is 927 g/mol. The summed E-state index contributed by atoms with van der Waals surface area (Å²) in [5.74, 6) is -5.02. The minimum Gasteiger partial charge on any atom is -0.480 e. The predicted molar refractivity (Wildman–Crippen MR) is 251 cm³/mol. The lowest BCUT2D eigenvalue weighted by molar-refractivity contribution is -0.145. The second kappa shape index (κ2) is 28.9. The van der Waals surface area contributed by atoms with Gasteiger partial charge in [0, 0.05) is 36.6 Å². The number of guanidine groups is 1. The molecule has 3 rings (SSSR count). The van der Waals surface area contributed by atoms with E-state index in [0.717, 1.165) is 10.9 Å². The van der Waals surface area contributed by atoms with Gasteiger partial charge in [-0.15, -0.1) is 0 Å². The number of piperidine rings is 1. The number of H-pyrrole nitrogens is 1. The lowest BCUT2D eigenvalue weighted by atomic mass is 9.98. The van der Waals surface area contributed by atoms with Crippen molar-refractivity contribution in [3.63, 3.8) is 0 Å². The molecule has 1 aliphatic rings. The first-order valence-electron chi connectivity index (χ1n) is 23.1. The number of aromatic amines is 1. The van der Waals surface area contributed by atoms with Gasteiger partial charge in [-0.1, -0.05) is 18.2 Å². The highest BCUT2D eigenvalue weighted by Gasteiger charge is 2.38. The zero-order valence-corrected chi connectivity index (χ0v) is 38.2. The number of carboxylic acid groups (broad SMARTS) is 1. The SMILES string of the molecule is C[C@H](NC(=O)[C@@H](N)CCCN=C(N)N)C(=O)N1CCCC[C@H]1C(=O)N[C@@H](CCCCN)C(=O)N[C@@H](Cc1c[nH]c2ccccc12)C(=O)N[C@@H](CCCCN)C(=O)N[C@@H](CCCCN)C(=O)O. The van der Waals surface area contributed by atoms with Crippen LogP contribution < -0.4 is 61.0 Å². The molecule has 22 nitrogen and oxygen atoms in total. The van der Waals surface area contributed by atoms with Crippen LogP contribution in [-0.4, -0.2) is 137 Å². The quantitative estimate of drug-likeness (QED) is 0.0238. The molecule has 0 bridgehead atoms. The van der Waals surface area contributed by atoms with Crippen LogP contribution in [0.4, 0.5) is 0 Å². The second-order valence-electron chi connectivity index (χ2n) is 16.8. The molecule has 2 heterocycles. The molecule has 7 atom stereocenters. The number of carboxylic acids is 1. The van der Waals surface area contributed by atoms with Crippen molar-refractivity contribution >= 4 is 58.3 Å². The number of fused-ring (bicyclic) bond motifs is 1. The van der Waals surface area contributed by atoms with Crippen molar-refractivity contribution in [2.75, 3.05) is 32.7 Å². The zero-order chi connectivity index (χ0) is 48.6. The average molecular weight is 927 g/mol. The molecule has 1 saturated heterocycles. The molecule has 6 amide bonds. The highest BCUT2D eigenvalue weighted by Crippen LogP contribution is 2.21. The summed E-state index contributed by atoms with van der Waals surface area (Å²) < 4.78 is 0. The lowest BCUT2D eigenvalue weighted by Gasteiger charge is -2.37. The van der Waals surface area contributed by atoms with E-state index < -0.39 is 83.7 Å². The van der Waals surface area contributed by atoms with E-state index in [1.54, 1.807) is 6.20 Å². The number of unbranched alkanes of at least 4 members (excludes halogenated alkanes) is 3. The van der Waals surface area contributed by atoms with Gasteiger partial charge in [-0.25, -0.2) is 4.79 Å². The minimum absolute atomic E-state index is 0.0204. The Bertz CT molecular complexity index is 1920. The maximum Gasteiger partial charge on any atom is 0.326 e. The molecule has 22 heteroatoms. The van der Waals surface area contributed by atoms with E-state index in [4.69, 9.17) is 34.4 Å². The van der Waals surface area contributed by atoms with Crippen LogP contribution in [0, 0.1) is 0 Å². The molecule has 1 aromatic heterocycles. The van der Waals surface area contributed by atoms with E-state index in [-0.39, 0.29) is 51.2 Å². The number of hydrogen-bond acceptors (Lipinski definition) is 12. The number of amides is 6. The van der Waals surface area contributed by atoms with Crippen LogP contribution in [0.1, 0.15) is 102 Å². The average Bonchev–Trinajstić information content (AvgIpc) is 3.70. The van der Waals surface area contributed by atoms with Gasteiger partial charge in [-0.3, -0.25) is 33.8 Å². The Morgan fingerprint density at radius 2 is 1.29 bits per heavy atom. The number of aliphatic imine (C=N–C) groups is 1. The van der Waals surface area contributed by atoms with E-state index in [1.165, 1.54) is 11.8 Å². The molecule has 1 aliphatic heterocycles. The molecule has 0 saturated carbocycles. The minimum atomic E-state index is -1.27. The molecular weight excluding hydrogens is 853 g/mol. The Balaban J connectivity index is 1.86. The van der Waals surface area contributed by atoms with Gasteiger partial charge < -0.3 is 76.0 Å². The van der Waals surface area contributed by atoms with Gasteiger partial charge in [0.15, 0.2) is 5.96 Å². The van der Waals surface area contributed by atoms with Crippen molar-refractivity contribution in [3.8, 4) is 0 Å². The van der Waals surface area contributed by atoms with E-state index in [0.29, 0.717) is 89.4 Å². The van der Waals surface area contributed by atoms with E-state index >= 15 is 0 Å². The maximum absolute atomic E-state index is 14.4. The Morgan fingerprint density at radius 1 is 0.727 bits per heavy atom. The number of carbonyl (C=O) groups is 7. The fraction of sp³-hybridized carbons (Fsp3) is 0.636. The predicted octanol–water partition coefficient (Wildman–Crippen LogP) is -1.61. The number of carbonyl (C=O) groups excluding carboxylic acids is 6. The molecule has 66 heavy (non-hydrogen) atoms. The summed E-state index contributed by atoms with van der Waals surface area (Å²) in [4.78, 5) is 104. The number of aliphatic carboxylic acids is 1. The number of likely N-dealkylation sites (tertiary alicyclic amines) is 1. The van der Waals surface area contributed by atoms with Crippen LogP contribution in [0.25, 0.3) is 10.9 Å². The van der Waals surface area contributed by atoms with Crippen LogP contribution in [-0.2, 0) is 40.0 Å². The van der Waals surface area contributed by atoms with E-state index in [9.17, 15) is 38.7 Å². The number of nitrogens with one attached hydrogen (secondary N) is 6. The molecule has 368 valence electrons. The third kappa shape index (κ3) is 17.9. The summed E-state index contributed by atoms with van der Waals surface area (Å²) >= 11 is 0. The molecule has 0 unspecified atom stereocenters. The van der Waals surface area contributed by atoms with E-state index in [2.05, 4.69) is 36.6 Å². The molecule has 1 aromatic carbocycles. The van der Waals surface area contributed by atoms with Gasteiger partial charge in [0.2, 0.25) is 35.4 Å². The summed E-state index contributed by atoms with van der Waals surface area (Å²) in [6.07, 6.45) is 7.35. The van der Waals surface area contributed by atoms with Gasteiger partial charge in [0.25, 0.3) is 0 Å². The van der Waals surface area contributed by atoms with Crippen LogP contribution in [0.3, 0.4) is 0 Å². The van der Waals surface area contributed by atoms with Gasteiger partial charge in [0.05, 0.1) is 6.04 Å². The zero-order valence-electron chi connectivity index (χ0n) is 38.2. The summed E-state index contributed by atoms with van der Waals surface area (Å²) in [5, 5.41) is 24.3. The number of nitrogens with two attached hydrogens (primary N) is 6. The fourth-order valence-corrected chi connectivity index (χ4v) is 7.84. The van der Waals surface area contributed by atoms with Crippen molar-refractivity contribution in [1.82, 2.24) is 36.5 Å². The fourth-order valence-electron chi connectivity index (χ4n) is 7.84.